The molecule has 0 unspecified atom stereocenters. The third-order valence-corrected chi connectivity index (χ3v) is 8.92. The van der Waals surface area contributed by atoms with Gasteiger partial charge in [-0.1, -0.05) is 103 Å². The summed E-state index contributed by atoms with van der Waals surface area (Å²) in [5, 5.41) is 8.75. The molecule has 6 nitrogen and oxygen atoms in total. The first-order valence-corrected chi connectivity index (χ1v) is 14.1. The number of benzene rings is 4. The maximum Gasteiger partial charge on any atom is 0.451 e. The highest BCUT2D eigenvalue weighted by Crippen LogP contribution is 2.64. The van der Waals surface area contributed by atoms with Crippen molar-refractivity contribution in [2.24, 2.45) is 0 Å². The molecule has 4 aromatic carbocycles. The molecule has 4 aromatic rings. The molecule has 0 aliphatic heterocycles. The monoisotopic (exact) mass is 535 g/mol. The van der Waals surface area contributed by atoms with Gasteiger partial charge in [0.05, 0.1) is 6.07 Å². The molecule has 0 radical (unpaired) electrons. The van der Waals surface area contributed by atoms with Crippen LogP contribution < -0.4 is 9.05 Å². The van der Waals surface area contributed by atoms with Gasteiger partial charge in [-0.15, -0.1) is 0 Å². The van der Waals surface area contributed by atoms with Gasteiger partial charge in [-0.2, -0.15) is 5.26 Å². The molecule has 194 valence electrons. The summed E-state index contributed by atoms with van der Waals surface area (Å²) >= 11 is 0. The van der Waals surface area contributed by atoms with Crippen LogP contribution in [0.1, 0.15) is 30.1 Å². The summed E-state index contributed by atoms with van der Waals surface area (Å²) in [6.45, 7) is 0. The van der Waals surface area contributed by atoms with Crippen LogP contribution in [0.25, 0.3) is 0 Å². The van der Waals surface area contributed by atoms with Gasteiger partial charge in [0.25, 0.3) is 0 Å². The van der Waals surface area contributed by atoms with E-state index in [2.05, 4.69) is 6.07 Å². The average molecular weight is 536 g/mol. The third kappa shape index (κ3) is 5.65. The Morgan fingerprint density at radius 3 is 1.62 bits per heavy atom. The van der Waals surface area contributed by atoms with E-state index in [-0.39, 0.29) is 18.4 Å². The second-order valence-electron chi connectivity index (χ2n) is 9.17. The summed E-state index contributed by atoms with van der Waals surface area (Å²) < 4.78 is 32.4. The zero-order valence-corrected chi connectivity index (χ0v) is 21.9. The van der Waals surface area contributed by atoms with Crippen molar-refractivity contribution in [1.82, 2.24) is 0 Å². The summed E-state index contributed by atoms with van der Waals surface area (Å²) in [6, 6.07) is 38.2. The molecule has 39 heavy (non-hydrogen) atoms. The number of ether oxygens (including phenoxy) is 1. The molecule has 0 bridgehead atoms. The van der Waals surface area contributed by atoms with Crippen LogP contribution >= 0.6 is 7.60 Å². The second kappa shape index (κ2) is 11.4. The predicted molar refractivity (Wildman–Crippen MR) is 148 cm³/mol. The van der Waals surface area contributed by atoms with Crippen LogP contribution in [0.3, 0.4) is 0 Å². The Bertz CT molecular complexity index is 1450. The molecule has 0 heterocycles. The number of nitrogens with zero attached hydrogens (tertiary/aromatic N) is 1. The molecule has 0 fully saturated rings. The van der Waals surface area contributed by atoms with Crippen LogP contribution in [0.4, 0.5) is 0 Å². The van der Waals surface area contributed by atoms with Gasteiger partial charge in [-0.05, 0) is 41.8 Å². The van der Waals surface area contributed by atoms with E-state index >= 15 is 0 Å². The van der Waals surface area contributed by atoms with Crippen LogP contribution in [-0.4, -0.2) is 11.1 Å². The number of hydrogen-bond acceptors (Lipinski definition) is 6. The number of carbonyl (C=O) groups excluding carboxylic acids is 1. The maximum atomic E-state index is 14.5. The van der Waals surface area contributed by atoms with Crippen molar-refractivity contribution in [3.63, 3.8) is 0 Å². The second-order valence-corrected chi connectivity index (χ2v) is 11.4. The summed E-state index contributed by atoms with van der Waals surface area (Å²) in [5.41, 5.74) is 1.88. The third-order valence-electron chi connectivity index (χ3n) is 6.53. The van der Waals surface area contributed by atoms with Crippen molar-refractivity contribution < 1.29 is 23.1 Å². The summed E-state index contributed by atoms with van der Waals surface area (Å²) in [5.74, 6) is 0.0158. The molecule has 0 aromatic heterocycles. The zero-order valence-electron chi connectivity index (χ0n) is 21.1. The normalized spacial score (nSPS) is 16.7. The first-order chi connectivity index (χ1) is 19.0. The quantitative estimate of drug-likeness (QED) is 0.162. The van der Waals surface area contributed by atoms with Crippen LogP contribution in [-0.2, 0) is 14.1 Å². The first kappa shape index (κ1) is 26.0. The van der Waals surface area contributed by atoms with Gasteiger partial charge in [0, 0.05) is 12.0 Å². The minimum Gasteiger partial charge on any atom is -0.449 e. The minimum absolute atomic E-state index is 0.00617. The highest BCUT2D eigenvalue weighted by Gasteiger charge is 2.57. The molecule has 0 amide bonds. The van der Waals surface area contributed by atoms with E-state index in [4.69, 9.17) is 13.8 Å². The van der Waals surface area contributed by atoms with Gasteiger partial charge in [-0.3, -0.25) is 0 Å². The maximum absolute atomic E-state index is 14.5. The molecule has 1 atom stereocenters. The number of carbonyl (C=O) groups is 1. The van der Waals surface area contributed by atoms with Crippen LogP contribution in [0.5, 0.6) is 11.5 Å². The van der Waals surface area contributed by atoms with E-state index in [9.17, 15) is 14.6 Å². The number of esters is 1. The van der Waals surface area contributed by atoms with Crippen LogP contribution in [0, 0.1) is 11.3 Å². The highest BCUT2D eigenvalue weighted by atomic mass is 31.2. The lowest BCUT2D eigenvalue weighted by molar-refractivity contribution is -0.142. The Balaban J connectivity index is 1.43. The molecule has 0 saturated carbocycles. The number of para-hydroxylation sites is 2. The van der Waals surface area contributed by atoms with Gasteiger partial charge >= 0.3 is 13.6 Å². The highest BCUT2D eigenvalue weighted by molar-refractivity contribution is 7.56. The van der Waals surface area contributed by atoms with Crippen molar-refractivity contribution in [3.8, 4) is 17.6 Å². The Morgan fingerprint density at radius 2 is 1.18 bits per heavy atom. The van der Waals surface area contributed by atoms with E-state index in [1.165, 1.54) is 0 Å². The van der Waals surface area contributed by atoms with E-state index in [1.807, 2.05) is 60.7 Å². The Morgan fingerprint density at radius 1 is 0.744 bits per heavy atom. The van der Waals surface area contributed by atoms with E-state index in [0.29, 0.717) is 11.5 Å². The fraction of sp³-hybridized carbons (Fsp3) is 0.125. The van der Waals surface area contributed by atoms with Crippen molar-refractivity contribution in [2.45, 2.75) is 24.1 Å². The molecule has 1 aliphatic rings. The van der Waals surface area contributed by atoms with Crippen molar-refractivity contribution in [2.75, 3.05) is 0 Å². The SMILES string of the molecule is N#C[C@]1(P(=O)(Oc2ccccc2)Oc2ccccc2)CC=C(C(=O)OC(c2ccccc2)c2ccccc2)C1. The molecule has 1 aliphatic carbocycles. The van der Waals surface area contributed by atoms with Gasteiger partial charge < -0.3 is 13.8 Å². The van der Waals surface area contributed by atoms with Crippen molar-refractivity contribution in [1.29, 1.82) is 5.26 Å². The zero-order chi connectivity index (χ0) is 27.1. The Hall–Kier alpha value is -4.59. The van der Waals surface area contributed by atoms with Crippen molar-refractivity contribution >= 4 is 13.6 Å². The summed E-state index contributed by atoms with van der Waals surface area (Å²) in [4.78, 5) is 13.5. The molecular formula is C32H26NO5P. The van der Waals surface area contributed by atoms with Gasteiger partial charge in [-0.25, -0.2) is 9.36 Å². The smallest absolute Gasteiger partial charge is 0.449 e. The fourth-order valence-corrected chi connectivity index (χ4v) is 6.45. The summed E-state index contributed by atoms with van der Waals surface area (Å²) in [6.07, 6.45) is 0.821. The molecular weight excluding hydrogens is 509 g/mol. The number of nitriles is 1. The molecule has 7 heteroatoms. The standard InChI is InChI=1S/C32H26NO5P/c33-24-32(39(35,37-28-17-9-3-10-18-28)38-29-19-11-4-12-20-29)22-21-27(23-32)31(34)36-30(25-13-5-1-6-14-25)26-15-7-2-8-16-26/h1-21,30H,22-23H2/t32-/m0/s1. The van der Waals surface area contributed by atoms with Crippen LogP contribution in [0.15, 0.2) is 133 Å². The lowest BCUT2D eigenvalue weighted by Gasteiger charge is -2.31. The Labute approximate surface area is 227 Å². The molecule has 0 saturated heterocycles. The number of allylic oxidation sites excluding steroid dienone is 1. The Kier molecular flexibility index (Phi) is 7.63. The summed E-state index contributed by atoms with van der Waals surface area (Å²) in [7, 11) is -4.19. The lowest BCUT2D eigenvalue weighted by atomic mass is 10.0. The van der Waals surface area contributed by atoms with Gasteiger partial charge in [0.2, 0.25) is 0 Å². The van der Waals surface area contributed by atoms with Crippen LogP contribution in [0.2, 0.25) is 0 Å². The average Bonchev–Trinajstić information content (AvgIpc) is 3.45. The topological polar surface area (TPSA) is 85.6 Å². The fourth-order valence-electron chi connectivity index (χ4n) is 4.46. The molecule has 0 spiro atoms. The number of rotatable bonds is 9. The number of hydrogen-bond donors (Lipinski definition) is 0. The van der Waals surface area contributed by atoms with E-state index in [1.54, 1.807) is 66.7 Å². The van der Waals surface area contributed by atoms with E-state index < -0.39 is 24.8 Å². The minimum atomic E-state index is -4.19. The van der Waals surface area contributed by atoms with Crippen molar-refractivity contribution in [3.05, 3.63) is 144 Å². The first-order valence-electron chi connectivity index (χ1n) is 12.5. The van der Waals surface area contributed by atoms with E-state index in [0.717, 1.165) is 11.1 Å². The molecule has 5 rings (SSSR count). The largest absolute Gasteiger partial charge is 0.451 e. The predicted octanol–water partition coefficient (Wildman–Crippen LogP) is 7.65. The van der Waals surface area contributed by atoms with Gasteiger partial charge in [0.15, 0.2) is 11.3 Å². The lowest BCUT2D eigenvalue weighted by Crippen LogP contribution is -2.30. The molecule has 0 N–H and O–H groups in total. The van der Waals surface area contributed by atoms with Gasteiger partial charge in [0.1, 0.15) is 11.5 Å².